The van der Waals surface area contributed by atoms with Crippen molar-refractivity contribution in [3.63, 3.8) is 0 Å². The third-order valence-corrected chi connectivity index (χ3v) is 6.09. The summed E-state index contributed by atoms with van der Waals surface area (Å²) in [5.74, 6) is 0. The molecule has 0 radical (unpaired) electrons. The smallest absolute Gasteiger partial charge is 0.244 e. The Hall–Kier alpha value is -0.0400. The second-order valence-electron chi connectivity index (χ2n) is 5.18. The molecule has 1 saturated heterocycles. The van der Waals surface area contributed by atoms with Crippen LogP contribution < -0.4 is 5.73 Å². The minimum absolute atomic E-state index is 0. The maximum Gasteiger partial charge on any atom is 0.244 e. The van der Waals surface area contributed by atoms with E-state index < -0.39 is 10.0 Å². The summed E-state index contributed by atoms with van der Waals surface area (Å²) in [6.45, 7) is 3.32. The summed E-state index contributed by atoms with van der Waals surface area (Å²) >= 11 is 11.8. The zero-order valence-electron chi connectivity index (χ0n) is 11.0. The molecule has 2 rings (SSSR count). The lowest BCUT2D eigenvalue weighted by atomic mass is 9.90. The van der Waals surface area contributed by atoms with Gasteiger partial charge in [0.05, 0.1) is 5.02 Å². The maximum atomic E-state index is 12.6. The van der Waals surface area contributed by atoms with E-state index in [-0.39, 0.29) is 27.7 Å². The van der Waals surface area contributed by atoms with Crippen molar-refractivity contribution >= 4 is 45.6 Å². The minimum Gasteiger partial charge on any atom is -0.330 e. The van der Waals surface area contributed by atoms with Crippen molar-refractivity contribution in [1.82, 2.24) is 4.31 Å². The minimum atomic E-state index is -3.61. The van der Waals surface area contributed by atoms with Crippen LogP contribution in [0.15, 0.2) is 23.1 Å². The fraction of sp³-hybridized carbons (Fsp3) is 0.500. The van der Waals surface area contributed by atoms with E-state index >= 15 is 0 Å². The van der Waals surface area contributed by atoms with Gasteiger partial charge in [-0.2, -0.15) is 4.31 Å². The van der Waals surface area contributed by atoms with Gasteiger partial charge in [0.25, 0.3) is 0 Å². The van der Waals surface area contributed by atoms with Gasteiger partial charge in [0, 0.05) is 18.1 Å². The average Bonchev–Trinajstić information content (AvgIpc) is 2.76. The van der Waals surface area contributed by atoms with Crippen LogP contribution in [-0.4, -0.2) is 32.4 Å². The summed E-state index contributed by atoms with van der Waals surface area (Å²) in [6, 6.07) is 4.45. The first-order valence-electron chi connectivity index (χ1n) is 5.94. The van der Waals surface area contributed by atoms with Crippen LogP contribution in [0.1, 0.15) is 13.3 Å². The number of rotatable bonds is 3. The van der Waals surface area contributed by atoms with Gasteiger partial charge in [-0.1, -0.05) is 30.1 Å². The highest BCUT2D eigenvalue weighted by atomic mass is 35.5. The summed E-state index contributed by atoms with van der Waals surface area (Å²) < 4.78 is 26.5. The summed E-state index contributed by atoms with van der Waals surface area (Å²) in [5, 5.41) is 0.537. The van der Waals surface area contributed by atoms with E-state index in [2.05, 4.69) is 0 Å². The SMILES string of the molecule is CC1(CN)CCN(S(=O)(=O)c2cc(Cl)ccc2Cl)C1.Cl. The Bertz CT molecular complexity index is 594. The molecule has 1 aromatic rings. The normalized spacial score (nSPS) is 23.6. The average molecular weight is 360 g/mol. The van der Waals surface area contributed by atoms with E-state index in [4.69, 9.17) is 28.9 Å². The molecule has 4 nitrogen and oxygen atoms in total. The number of nitrogens with zero attached hydrogens (tertiary/aromatic N) is 1. The predicted molar refractivity (Wildman–Crippen MR) is 84.2 cm³/mol. The molecule has 1 aliphatic rings. The van der Waals surface area contributed by atoms with Crippen molar-refractivity contribution in [2.24, 2.45) is 11.1 Å². The van der Waals surface area contributed by atoms with E-state index in [0.29, 0.717) is 24.7 Å². The molecule has 0 amide bonds. The zero-order chi connectivity index (χ0) is 14.3. The van der Waals surface area contributed by atoms with Crippen LogP contribution in [0, 0.1) is 5.41 Å². The quantitative estimate of drug-likeness (QED) is 0.902. The molecule has 1 heterocycles. The molecule has 1 unspecified atom stereocenters. The largest absolute Gasteiger partial charge is 0.330 e. The molecule has 20 heavy (non-hydrogen) atoms. The zero-order valence-corrected chi connectivity index (χ0v) is 14.1. The first-order chi connectivity index (χ1) is 8.78. The molecule has 0 aromatic heterocycles. The fourth-order valence-corrected chi connectivity index (χ4v) is 4.49. The number of hydrogen-bond acceptors (Lipinski definition) is 3. The molecule has 2 N–H and O–H groups in total. The lowest BCUT2D eigenvalue weighted by Gasteiger charge is -2.22. The Morgan fingerprint density at radius 3 is 2.60 bits per heavy atom. The van der Waals surface area contributed by atoms with E-state index in [1.165, 1.54) is 16.4 Å². The summed E-state index contributed by atoms with van der Waals surface area (Å²) in [5.41, 5.74) is 5.53. The van der Waals surface area contributed by atoms with Gasteiger partial charge in [0.2, 0.25) is 10.0 Å². The summed E-state index contributed by atoms with van der Waals surface area (Å²) in [7, 11) is -3.61. The molecule has 1 atom stereocenters. The van der Waals surface area contributed by atoms with Crippen LogP contribution in [0.25, 0.3) is 0 Å². The van der Waals surface area contributed by atoms with Crippen LogP contribution in [-0.2, 0) is 10.0 Å². The van der Waals surface area contributed by atoms with Crippen molar-refractivity contribution in [2.75, 3.05) is 19.6 Å². The van der Waals surface area contributed by atoms with Crippen molar-refractivity contribution < 1.29 is 8.42 Å². The second-order valence-corrected chi connectivity index (χ2v) is 7.93. The van der Waals surface area contributed by atoms with Gasteiger partial charge < -0.3 is 5.73 Å². The van der Waals surface area contributed by atoms with Gasteiger partial charge >= 0.3 is 0 Å². The van der Waals surface area contributed by atoms with Gasteiger partial charge in [-0.05, 0) is 36.6 Å². The fourth-order valence-electron chi connectivity index (χ4n) is 2.16. The molecular formula is C12H17Cl3N2O2S. The third kappa shape index (κ3) is 3.40. The topological polar surface area (TPSA) is 63.4 Å². The van der Waals surface area contributed by atoms with Crippen molar-refractivity contribution in [2.45, 2.75) is 18.2 Å². The number of halogens is 3. The van der Waals surface area contributed by atoms with Crippen LogP contribution in [0.4, 0.5) is 0 Å². The number of nitrogens with two attached hydrogens (primary N) is 1. The second kappa shape index (κ2) is 6.38. The van der Waals surface area contributed by atoms with Gasteiger partial charge in [0.15, 0.2) is 0 Å². The molecular weight excluding hydrogens is 343 g/mol. The molecule has 0 saturated carbocycles. The van der Waals surface area contributed by atoms with Crippen LogP contribution in [0.5, 0.6) is 0 Å². The van der Waals surface area contributed by atoms with E-state index in [9.17, 15) is 8.42 Å². The lowest BCUT2D eigenvalue weighted by Crippen LogP contribution is -2.34. The first-order valence-corrected chi connectivity index (χ1v) is 8.13. The van der Waals surface area contributed by atoms with Gasteiger partial charge in [0.1, 0.15) is 4.90 Å². The first kappa shape index (κ1) is 18.0. The molecule has 0 aliphatic carbocycles. The van der Waals surface area contributed by atoms with Crippen molar-refractivity contribution in [1.29, 1.82) is 0 Å². The van der Waals surface area contributed by atoms with Crippen LogP contribution in [0.2, 0.25) is 10.0 Å². The van der Waals surface area contributed by atoms with Gasteiger partial charge in [-0.3, -0.25) is 0 Å². The van der Waals surface area contributed by atoms with Crippen LogP contribution >= 0.6 is 35.6 Å². The van der Waals surface area contributed by atoms with Crippen molar-refractivity contribution in [3.05, 3.63) is 28.2 Å². The molecule has 8 heteroatoms. The van der Waals surface area contributed by atoms with Crippen molar-refractivity contribution in [3.8, 4) is 0 Å². The third-order valence-electron chi connectivity index (χ3n) is 3.53. The molecule has 114 valence electrons. The Morgan fingerprint density at radius 1 is 1.40 bits per heavy atom. The number of benzene rings is 1. The number of hydrogen-bond donors (Lipinski definition) is 1. The van der Waals surface area contributed by atoms with Gasteiger partial charge in [-0.25, -0.2) is 8.42 Å². The Balaban J connectivity index is 0.00000200. The molecule has 1 aliphatic heterocycles. The molecule has 0 bridgehead atoms. The Kier molecular flexibility index (Phi) is 5.75. The summed E-state index contributed by atoms with van der Waals surface area (Å²) in [6.07, 6.45) is 0.751. The summed E-state index contributed by atoms with van der Waals surface area (Å²) in [4.78, 5) is 0.0583. The standard InChI is InChI=1S/C12H16Cl2N2O2S.ClH/c1-12(7-15)4-5-16(8-12)19(17,18)11-6-9(13)2-3-10(11)14;/h2-3,6H,4-5,7-8,15H2,1H3;1H. The Labute approximate surface area is 135 Å². The highest BCUT2D eigenvalue weighted by Crippen LogP contribution is 2.35. The van der Waals surface area contributed by atoms with E-state index in [1.54, 1.807) is 6.07 Å². The monoisotopic (exact) mass is 358 g/mol. The van der Waals surface area contributed by atoms with Crippen LogP contribution in [0.3, 0.4) is 0 Å². The highest BCUT2D eigenvalue weighted by molar-refractivity contribution is 7.89. The maximum absolute atomic E-state index is 12.6. The van der Waals surface area contributed by atoms with Gasteiger partial charge in [-0.15, -0.1) is 12.4 Å². The van der Waals surface area contributed by atoms with E-state index in [0.717, 1.165) is 6.42 Å². The molecule has 1 aromatic carbocycles. The Morgan fingerprint density at radius 2 is 2.05 bits per heavy atom. The highest BCUT2D eigenvalue weighted by Gasteiger charge is 2.39. The number of sulfonamides is 1. The lowest BCUT2D eigenvalue weighted by molar-refractivity contribution is 0.349. The molecule has 0 spiro atoms. The van der Waals surface area contributed by atoms with E-state index in [1.807, 2.05) is 6.92 Å². The molecule has 1 fully saturated rings. The predicted octanol–water partition coefficient (Wildman–Crippen LogP) is 2.77.